The number of likely N-dealkylation sites (N-methyl/N-ethyl adjacent to an activating group) is 1. The average Bonchev–Trinajstić information content (AvgIpc) is 2.42. The Hall–Kier alpha value is -1.68. The molecular weight excluding hydrogens is 250 g/mol. The van der Waals surface area contributed by atoms with Crippen LogP contribution in [0.2, 0.25) is 0 Å². The highest BCUT2D eigenvalue weighted by molar-refractivity contribution is 5.81. The topological polar surface area (TPSA) is 38.1 Å². The van der Waals surface area contributed by atoms with Crippen molar-refractivity contribution < 1.29 is 0 Å². The van der Waals surface area contributed by atoms with Gasteiger partial charge in [0.25, 0.3) is 5.56 Å². The molecule has 20 heavy (non-hydrogen) atoms. The van der Waals surface area contributed by atoms with Crippen LogP contribution in [0, 0.1) is 13.8 Å². The van der Waals surface area contributed by atoms with Crippen LogP contribution in [-0.2, 0) is 6.54 Å². The molecule has 0 spiro atoms. The standard InChI is InChI=1S/C16H23N3O/c1-6-13(18(4)5)9-19-10-17-15-12(3)11(2)7-8-14(15)16(19)20/h7-8,10,13H,6,9H2,1-5H3/t13-/m1/s1. The van der Waals surface area contributed by atoms with Gasteiger partial charge in [-0.3, -0.25) is 9.36 Å². The fourth-order valence-corrected chi connectivity index (χ4v) is 2.49. The van der Waals surface area contributed by atoms with Gasteiger partial charge in [0.05, 0.1) is 17.2 Å². The molecule has 0 aliphatic heterocycles. The number of nitrogens with zero attached hydrogens (tertiary/aromatic N) is 3. The van der Waals surface area contributed by atoms with E-state index in [4.69, 9.17) is 0 Å². The maximum atomic E-state index is 12.6. The van der Waals surface area contributed by atoms with Crippen LogP contribution in [0.1, 0.15) is 24.5 Å². The van der Waals surface area contributed by atoms with Crippen molar-refractivity contribution in [2.24, 2.45) is 0 Å². The Morgan fingerprint density at radius 1 is 1.30 bits per heavy atom. The van der Waals surface area contributed by atoms with E-state index in [1.807, 2.05) is 40.1 Å². The summed E-state index contributed by atoms with van der Waals surface area (Å²) in [5.41, 5.74) is 3.14. The summed E-state index contributed by atoms with van der Waals surface area (Å²) in [6.07, 6.45) is 2.69. The number of hydrogen-bond donors (Lipinski definition) is 0. The number of benzene rings is 1. The number of fused-ring (bicyclic) bond motifs is 1. The predicted octanol–water partition coefficient (Wildman–Crippen LogP) is 2.35. The van der Waals surface area contributed by atoms with Crippen molar-refractivity contribution in [3.05, 3.63) is 39.9 Å². The molecular formula is C16H23N3O. The van der Waals surface area contributed by atoms with Gasteiger partial charge in [0, 0.05) is 12.6 Å². The lowest BCUT2D eigenvalue weighted by Gasteiger charge is -2.23. The second-order valence-corrected chi connectivity index (χ2v) is 5.63. The van der Waals surface area contributed by atoms with Crippen LogP contribution in [0.4, 0.5) is 0 Å². The third kappa shape index (κ3) is 2.61. The van der Waals surface area contributed by atoms with Crippen LogP contribution in [0.5, 0.6) is 0 Å². The van der Waals surface area contributed by atoms with E-state index in [0.717, 1.165) is 17.5 Å². The van der Waals surface area contributed by atoms with E-state index in [1.54, 1.807) is 10.9 Å². The van der Waals surface area contributed by atoms with Gasteiger partial charge in [0.15, 0.2) is 0 Å². The first-order chi connectivity index (χ1) is 9.45. The van der Waals surface area contributed by atoms with E-state index in [9.17, 15) is 4.79 Å². The molecule has 0 N–H and O–H groups in total. The van der Waals surface area contributed by atoms with Crippen molar-refractivity contribution in [3.8, 4) is 0 Å². The summed E-state index contributed by atoms with van der Waals surface area (Å²) in [5.74, 6) is 0. The molecule has 4 nitrogen and oxygen atoms in total. The smallest absolute Gasteiger partial charge is 0.261 e. The van der Waals surface area contributed by atoms with E-state index in [-0.39, 0.29) is 5.56 Å². The Bertz CT molecular complexity index is 673. The minimum atomic E-state index is 0.0541. The zero-order valence-corrected chi connectivity index (χ0v) is 13.0. The second-order valence-electron chi connectivity index (χ2n) is 5.63. The zero-order valence-electron chi connectivity index (χ0n) is 13.0. The first-order valence-corrected chi connectivity index (χ1v) is 7.07. The molecule has 1 aromatic carbocycles. The quantitative estimate of drug-likeness (QED) is 0.858. The van der Waals surface area contributed by atoms with Crippen LogP contribution in [0.25, 0.3) is 10.9 Å². The fraction of sp³-hybridized carbons (Fsp3) is 0.500. The highest BCUT2D eigenvalue weighted by Gasteiger charge is 2.13. The fourth-order valence-electron chi connectivity index (χ4n) is 2.49. The molecule has 1 atom stereocenters. The van der Waals surface area contributed by atoms with E-state index < -0.39 is 0 Å². The Kier molecular flexibility index (Phi) is 4.23. The Morgan fingerprint density at radius 3 is 2.60 bits per heavy atom. The molecule has 108 valence electrons. The van der Waals surface area contributed by atoms with Gasteiger partial charge in [-0.2, -0.15) is 0 Å². The van der Waals surface area contributed by atoms with Gasteiger partial charge in [-0.1, -0.05) is 13.0 Å². The van der Waals surface area contributed by atoms with Crippen molar-refractivity contribution in [2.75, 3.05) is 14.1 Å². The van der Waals surface area contributed by atoms with Crippen LogP contribution < -0.4 is 5.56 Å². The number of rotatable bonds is 4. The summed E-state index contributed by atoms with van der Waals surface area (Å²) in [6, 6.07) is 4.23. The number of aromatic nitrogens is 2. The average molecular weight is 273 g/mol. The van der Waals surface area contributed by atoms with Gasteiger partial charge in [-0.25, -0.2) is 4.98 Å². The van der Waals surface area contributed by atoms with Crippen molar-refractivity contribution in [2.45, 2.75) is 39.8 Å². The summed E-state index contributed by atoms with van der Waals surface area (Å²) in [6.45, 7) is 6.88. The van der Waals surface area contributed by atoms with Gasteiger partial charge in [0.2, 0.25) is 0 Å². The summed E-state index contributed by atoms with van der Waals surface area (Å²) < 4.78 is 1.73. The highest BCUT2D eigenvalue weighted by Crippen LogP contribution is 2.16. The van der Waals surface area contributed by atoms with E-state index in [0.29, 0.717) is 18.0 Å². The van der Waals surface area contributed by atoms with Crippen LogP contribution in [0.3, 0.4) is 0 Å². The van der Waals surface area contributed by atoms with Crippen LogP contribution >= 0.6 is 0 Å². The Morgan fingerprint density at radius 2 is 2.00 bits per heavy atom. The lowest BCUT2D eigenvalue weighted by atomic mass is 10.1. The molecule has 2 rings (SSSR count). The van der Waals surface area contributed by atoms with Gasteiger partial charge in [-0.15, -0.1) is 0 Å². The molecule has 1 heterocycles. The maximum Gasteiger partial charge on any atom is 0.261 e. The number of hydrogen-bond acceptors (Lipinski definition) is 3. The highest BCUT2D eigenvalue weighted by atomic mass is 16.1. The molecule has 0 aliphatic rings. The van der Waals surface area contributed by atoms with Crippen molar-refractivity contribution in [1.29, 1.82) is 0 Å². The second kappa shape index (κ2) is 5.75. The SMILES string of the molecule is CC[C@H](Cn1cnc2c(C)c(C)ccc2c1=O)N(C)C. The van der Waals surface area contributed by atoms with Gasteiger partial charge < -0.3 is 4.90 Å². The summed E-state index contributed by atoms with van der Waals surface area (Å²) in [5, 5.41) is 0.712. The minimum Gasteiger partial charge on any atom is -0.305 e. The van der Waals surface area contributed by atoms with Gasteiger partial charge in [-0.05, 0) is 51.6 Å². The largest absolute Gasteiger partial charge is 0.305 e. The molecule has 2 aromatic rings. The summed E-state index contributed by atoms with van der Waals surface area (Å²) >= 11 is 0. The molecule has 0 bridgehead atoms. The lowest BCUT2D eigenvalue weighted by molar-refractivity contribution is 0.255. The van der Waals surface area contributed by atoms with Gasteiger partial charge in [0.1, 0.15) is 0 Å². The molecule has 0 aliphatic carbocycles. The molecule has 4 heteroatoms. The van der Waals surface area contributed by atoms with Crippen molar-refractivity contribution in [1.82, 2.24) is 14.5 Å². The van der Waals surface area contributed by atoms with E-state index in [1.165, 1.54) is 5.56 Å². The van der Waals surface area contributed by atoms with E-state index >= 15 is 0 Å². The third-order valence-corrected chi connectivity index (χ3v) is 4.13. The summed E-state index contributed by atoms with van der Waals surface area (Å²) in [4.78, 5) is 19.2. The molecule has 0 saturated heterocycles. The van der Waals surface area contributed by atoms with Crippen LogP contribution in [-0.4, -0.2) is 34.6 Å². The maximum absolute atomic E-state index is 12.6. The van der Waals surface area contributed by atoms with Gasteiger partial charge >= 0.3 is 0 Å². The molecule has 0 amide bonds. The molecule has 0 unspecified atom stereocenters. The van der Waals surface area contributed by atoms with Crippen molar-refractivity contribution >= 4 is 10.9 Å². The third-order valence-electron chi connectivity index (χ3n) is 4.13. The van der Waals surface area contributed by atoms with E-state index in [2.05, 4.69) is 16.8 Å². The Labute approximate surface area is 120 Å². The number of aryl methyl sites for hydroxylation is 2. The first-order valence-electron chi connectivity index (χ1n) is 7.07. The molecule has 0 fully saturated rings. The normalized spacial score (nSPS) is 13.1. The minimum absolute atomic E-state index is 0.0541. The molecule has 1 aromatic heterocycles. The molecule has 0 radical (unpaired) electrons. The van der Waals surface area contributed by atoms with Crippen LogP contribution in [0.15, 0.2) is 23.3 Å². The van der Waals surface area contributed by atoms with Crippen molar-refractivity contribution in [3.63, 3.8) is 0 Å². The predicted molar refractivity (Wildman–Crippen MR) is 83.2 cm³/mol. The lowest BCUT2D eigenvalue weighted by Crippen LogP contribution is -2.35. The summed E-state index contributed by atoms with van der Waals surface area (Å²) in [7, 11) is 4.09. The monoisotopic (exact) mass is 273 g/mol. The molecule has 0 saturated carbocycles. The Balaban J connectivity index is 2.50. The first kappa shape index (κ1) is 14.7. The zero-order chi connectivity index (χ0) is 14.9.